The molecule has 0 unspecified atom stereocenters. The number of halogens is 1. The maximum absolute atomic E-state index is 12.6. The zero-order chi connectivity index (χ0) is 18.4. The lowest BCUT2D eigenvalue weighted by Gasteiger charge is -2.18. The van der Waals surface area contributed by atoms with Gasteiger partial charge >= 0.3 is 5.69 Å². The van der Waals surface area contributed by atoms with Gasteiger partial charge < -0.3 is 0 Å². The molecule has 0 radical (unpaired) electrons. The molecule has 3 aromatic rings. The monoisotopic (exact) mass is 354 g/mol. The predicted molar refractivity (Wildman–Crippen MR) is 99.6 cm³/mol. The van der Waals surface area contributed by atoms with Crippen molar-refractivity contribution in [1.29, 1.82) is 5.26 Å². The molecule has 0 fully saturated rings. The Labute approximate surface area is 151 Å². The Morgan fingerprint density at radius 3 is 2.52 bits per heavy atom. The van der Waals surface area contributed by atoms with Gasteiger partial charge in [-0.3, -0.25) is 9.13 Å². The molecule has 5 nitrogen and oxygen atoms in total. The summed E-state index contributed by atoms with van der Waals surface area (Å²) < 4.78 is 3.45. The molecule has 128 valence electrons. The third kappa shape index (κ3) is 3.18. The van der Waals surface area contributed by atoms with Gasteiger partial charge in [-0.05, 0) is 29.7 Å². The van der Waals surface area contributed by atoms with Crippen LogP contribution in [0, 0.1) is 16.7 Å². The van der Waals surface area contributed by atoms with Gasteiger partial charge in [0.2, 0.25) is 0 Å². The number of hydrogen-bond donors (Lipinski definition) is 0. The van der Waals surface area contributed by atoms with E-state index in [0.29, 0.717) is 17.8 Å². The van der Waals surface area contributed by atoms with E-state index in [1.807, 2.05) is 24.3 Å². The summed E-state index contributed by atoms with van der Waals surface area (Å²) in [5.74, 6) is 0. The maximum atomic E-state index is 12.6. The average molecular weight is 355 g/mol. The lowest BCUT2D eigenvalue weighted by Crippen LogP contribution is -2.27. The fraction of sp³-hybridized carbons (Fsp3) is 0.316. The second-order valence-corrected chi connectivity index (χ2v) is 7.70. The van der Waals surface area contributed by atoms with Crippen LogP contribution in [-0.4, -0.2) is 14.1 Å². The number of aryl methyl sites for hydroxylation is 1. The largest absolute Gasteiger partial charge is 0.328 e. The molecule has 0 bridgehead atoms. The van der Waals surface area contributed by atoms with Gasteiger partial charge in [0, 0.05) is 19.2 Å². The van der Waals surface area contributed by atoms with E-state index < -0.39 is 0 Å². The molecule has 6 heteroatoms. The van der Waals surface area contributed by atoms with Gasteiger partial charge in [-0.1, -0.05) is 38.4 Å². The molecular formula is C19H19ClN4O. The molecule has 0 N–H and O–H groups in total. The van der Waals surface area contributed by atoms with E-state index in [1.54, 1.807) is 28.3 Å². The summed E-state index contributed by atoms with van der Waals surface area (Å²) in [6, 6.07) is 11.2. The minimum Gasteiger partial charge on any atom is -0.295 e. The van der Waals surface area contributed by atoms with Gasteiger partial charge in [-0.25, -0.2) is 9.78 Å². The van der Waals surface area contributed by atoms with Gasteiger partial charge in [0.15, 0.2) is 0 Å². The molecule has 0 saturated heterocycles. The van der Waals surface area contributed by atoms with Crippen LogP contribution in [0.15, 0.2) is 35.1 Å². The van der Waals surface area contributed by atoms with E-state index in [-0.39, 0.29) is 16.3 Å². The molecule has 0 atom stereocenters. The highest BCUT2D eigenvalue weighted by atomic mass is 35.5. The summed E-state index contributed by atoms with van der Waals surface area (Å²) in [5.41, 5.74) is 3.56. The Balaban J connectivity index is 2.16. The van der Waals surface area contributed by atoms with Gasteiger partial charge in [-0.15, -0.1) is 0 Å². The number of nitriles is 1. The Morgan fingerprint density at radius 2 is 1.92 bits per heavy atom. The summed E-state index contributed by atoms with van der Waals surface area (Å²) in [6.07, 6.45) is 0. The van der Waals surface area contributed by atoms with Crippen LogP contribution >= 0.6 is 11.6 Å². The van der Waals surface area contributed by atoms with Crippen molar-refractivity contribution >= 4 is 22.6 Å². The molecule has 0 aliphatic heterocycles. The van der Waals surface area contributed by atoms with Crippen molar-refractivity contribution in [1.82, 2.24) is 14.1 Å². The van der Waals surface area contributed by atoms with Crippen molar-refractivity contribution in [3.63, 3.8) is 0 Å². The zero-order valence-electron chi connectivity index (χ0n) is 14.7. The fourth-order valence-corrected chi connectivity index (χ4v) is 3.07. The minimum atomic E-state index is -0.0344. The number of pyridine rings is 1. The number of imidazole rings is 1. The van der Waals surface area contributed by atoms with Crippen molar-refractivity contribution in [3.8, 4) is 17.3 Å². The van der Waals surface area contributed by atoms with Crippen LogP contribution in [0.1, 0.15) is 26.3 Å². The number of hydrogen-bond acceptors (Lipinski definition) is 3. The van der Waals surface area contributed by atoms with E-state index in [2.05, 4.69) is 25.8 Å². The van der Waals surface area contributed by atoms with Crippen LogP contribution in [0.3, 0.4) is 0 Å². The van der Waals surface area contributed by atoms with Crippen LogP contribution in [-0.2, 0) is 13.6 Å². The smallest absolute Gasteiger partial charge is 0.295 e. The van der Waals surface area contributed by atoms with Crippen LogP contribution < -0.4 is 5.69 Å². The normalized spacial score (nSPS) is 11.7. The van der Waals surface area contributed by atoms with Crippen molar-refractivity contribution in [2.75, 3.05) is 0 Å². The van der Waals surface area contributed by atoms with Crippen LogP contribution in [0.4, 0.5) is 0 Å². The third-order valence-corrected chi connectivity index (χ3v) is 4.33. The Hall–Kier alpha value is -2.58. The highest BCUT2D eigenvalue weighted by Crippen LogP contribution is 2.26. The molecular weight excluding hydrogens is 336 g/mol. The zero-order valence-corrected chi connectivity index (χ0v) is 15.4. The van der Waals surface area contributed by atoms with E-state index in [9.17, 15) is 4.79 Å². The number of benzene rings is 1. The standard InChI is InChI=1S/C19H19ClN4O/c1-19(2,3)11-24-15-8-6-12(9-16(15)23(4)18(24)25)14-7-5-13(10-21)17(20)22-14/h5-9H,11H2,1-4H3. The topological polar surface area (TPSA) is 63.6 Å². The Morgan fingerprint density at radius 1 is 1.20 bits per heavy atom. The quantitative estimate of drug-likeness (QED) is 0.654. The van der Waals surface area contributed by atoms with Crippen molar-refractivity contribution < 1.29 is 0 Å². The lowest BCUT2D eigenvalue weighted by molar-refractivity contribution is 0.342. The fourth-order valence-electron chi connectivity index (χ4n) is 2.87. The molecule has 2 aromatic heterocycles. The SMILES string of the molecule is Cn1c(=O)n(CC(C)(C)C)c2ccc(-c3ccc(C#N)c(Cl)n3)cc21. The summed E-state index contributed by atoms with van der Waals surface area (Å²) in [6.45, 7) is 6.96. The number of nitrogens with zero attached hydrogens (tertiary/aromatic N) is 4. The van der Waals surface area contributed by atoms with Crippen LogP contribution in [0.25, 0.3) is 22.3 Å². The predicted octanol–water partition coefficient (Wildman–Crippen LogP) is 3.97. The number of rotatable bonds is 2. The van der Waals surface area contributed by atoms with E-state index in [4.69, 9.17) is 16.9 Å². The third-order valence-electron chi connectivity index (χ3n) is 4.04. The lowest BCUT2D eigenvalue weighted by atomic mass is 9.97. The Kier molecular flexibility index (Phi) is 4.18. The van der Waals surface area contributed by atoms with E-state index >= 15 is 0 Å². The first-order chi connectivity index (χ1) is 11.7. The minimum absolute atomic E-state index is 0.00100. The van der Waals surface area contributed by atoms with Crippen molar-refractivity contribution in [2.45, 2.75) is 27.3 Å². The highest BCUT2D eigenvalue weighted by Gasteiger charge is 2.18. The molecule has 0 saturated carbocycles. The van der Waals surface area contributed by atoms with Crippen molar-refractivity contribution in [2.24, 2.45) is 12.5 Å². The van der Waals surface area contributed by atoms with Gasteiger partial charge in [0.05, 0.1) is 22.3 Å². The van der Waals surface area contributed by atoms with E-state index in [0.717, 1.165) is 16.6 Å². The first-order valence-electron chi connectivity index (χ1n) is 7.97. The second kappa shape index (κ2) is 6.05. The molecule has 1 aromatic carbocycles. The maximum Gasteiger partial charge on any atom is 0.328 e. The molecule has 25 heavy (non-hydrogen) atoms. The number of aromatic nitrogens is 3. The molecule has 2 heterocycles. The first kappa shape index (κ1) is 17.2. The number of fused-ring (bicyclic) bond motifs is 1. The highest BCUT2D eigenvalue weighted by molar-refractivity contribution is 6.30. The van der Waals surface area contributed by atoms with Gasteiger partial charge in [-0.2, -0.15) is 5.26 Å². The summed E-state index contributed by atoms with van der Waals surface area (Å²) in [4.78, 5) is 16.9. The summed E-state index contributed by atoms with van der Waals surface area (Å²) >= 11 is 6.04. The van der Waals surface area contributed by atoms with Crippen LogP contribution in [0.2, 0.25) is 5.15 Å². The second-order valence-electron chi connectivity index (χ2n) is 7.34. The summed E-state index contributed by atoms with van der Waals surface area (Å²) in [5, 5.41) is 9.15. The molecule has 0 amide bonds. The summed E-state index contributed by atoms with van der Waals surface area (Å²) in [7, 11) is 1.77. The van der Waals surface area contributed by atoms with E-state index in [1.165, 1.54) is 0 Å². The average Bonchev–Trinajstić information content (AvgIpc) is 2.78. The van der Waals surface area contributed by atoms with Crippen molar-refractivity contribution in [3.05, 3.63) is 51.5 Å². The first-order valence-corrected chi connectivity index (χ1v) is 8.35. The van der Waals surface area contributed by atoms with Gasteiger partial charge in [0.25, 0.3) is 0 Å². The molecule has 0 spiro atoms. The molecule has 3 rings (SSSR count). The molecule has 0 aliphatic rings. The van der Waals surface area contributed by atoms with Crippen LogP contribution in [0.5, 0.6) is 0 Å². The Bertz CT molecular complexity index is 1060. The van der Waals surface area contributed by atoms with Gasteiger partial charge in [0.1, 0.15) is 11.2 Å². The molecule has 0 aliphatic carbocycles.